The van der Waals surface area contributed by atoms with Gasteiger partial charge in [-0.3, -0.25) is 9.48 Å². The first-order chi connectivity index (χ1) is 13.6. The Morgan fingerprint density at radius 1 is 1.43 bits per heavy atom. The van der Waals surface area contributed by atoms with Gasteiger partial charge in [-0.05, 0) is 31.4 Å². The average Bonchev–Trinajstić information content (AvgIpc) is 3.22. The fourth-order valence-corrected chi connectivity index (χ4v) is 3.42. The van der Waals surface area contributed by atoms with Gasteiger partial charge in [-0.2, -0.15) is 0 Å². The molecule has 3 rings (SSSR count). The molecular weight excluding hydrogens is 360 g/mol. The van der Waals surface area contributed by atoms with Gasteiger partial charge in [0.15, 0.2) is 0 Å². The molecular formula is C20H28N4O4. The summed E-state index contributed by atoms with van der Waals surface area (Å²) in [6, 6.07) is 7.58. The Labute approximate surface area is 164 Å². The number of ether oxygens (including phenoxy) is 2. The van der Waals surface area contributed by atoms with E-state index >= 15 is 0 Å². The van der Waals surface area contributed by atoms with Crippen molar-refractivity contribution in [2.75, 3.05) is 13.7 Å². The van der Waals surface area contributed by atoms with Crippen molar-refractivity contribution in [2.24, 2.45) is 0 Å². The lowest BCUT2D eigenvalue weighted by Gasteiger charge is -2.36. The molecule has 8 nitrogen and oxygen atoms in total. The summed E-state index contributed by atoms with van der Waals surface area (Å²) in [5, 5.41) is 21.0. The molecule has 1 fully saturated rings. The van der Waals surface area contributed by atoms with Crippen LogP contribution < -0.4 is 10.1 Å². The molecule has 152 valence electrons. The van der Waals surface area contributed by atoms with Gasteiger partial charge in [0.2, 0.25) is 5.91 Å². The third kappa shape index (κ3) is 5.08. The predicted molar refractivity (Wildman–Crippen MR) is 104 cm³/mol. The summed E-state index contributed by atoms with van der Waals surface area (Å²) in [5.41, 5.74) is 1.74. The van der Waals surface area contributed by atoms with Crippen molar-refractivity contribution in [3.05, 3.63) is 30.5 Å². The van der Waals surface area contributed by atoms with Crippen molar-refractivity contribution in [1.29, 1.82) is 0 Å². The molecule has 0 spiro atoms. The SMILES string of the molecule is CCC(=O)N[C@@H]1CC[C@@H](CCn2cc(-c3cccc(OC)c3)nn2)O[C@@H]1CO. The maximum atomic E-state index is 11.6. The molecule has 1 aromatic carbocycles. The van der Waals surface area contributed by atoms with E-state index < -0.39 is 0 Å². The highest BCUT2D eigenvalue weighted by molar-refractivity contribution is 5.75. The minimum atomic E-state index is -0.364. The predicted octanol–water partition coefficient (Wildman–Crippen LogP) is 1.78. The van der Waals surface area contributed by atoms with Gasteiger partial charge >= 0.3 is 0 Å². The van der Waals surface area contributed by atoms with Crippen molar-refractivity contribution in [3.63, 3.8) is 0 Å². The van der Waals surface area contributed by atoms with Crippen molar-refractivity contribution < 1.29 is 19.4 Å². The topological polar surface area (TPSA) is 98.5 Å². The summed E-state index contributed by atoms with van der Waals surface area (Å²) in [6.45, 7) is 2.38. The molecule has 0 aliphatic carbocycles. The molecule has 3 atom stereocenters. The maximum absolute atomic E-state index is 11.6. The number of hydrogen-bond acceptors (Lipinski definition) is 6. The second-order valence-corrected chi connectivity index (χ2v) is 6.97. The van der Waals surface area contributed by atoms with Crippen LogP contribution in [0.3, 0.4) is 0 Å². The number of amides is 1. The van der Waals surface area contributed by atoms with Crippen LogP contribution in [-0.2, 0) is 16.1 Å². The van der Waals surface area contributed by atoms with Crippen molar-refractivity contribution in [3.8, 4) is 17.0 Å². The van der Waals surface area contributed by atoms with Crippen molar-refractivity contribution in [2.45, 2.75) is 57.4 Å². The number of rotatable bonds is 8. The minimum Gasteiger partial charge on any atom is -0.497 e. The van der Waals surface area contributed by atoms with Gasteiger partial charge in [0.25, 0.3) is 0 Å². The molecule has 0 radical (unpaired) electrons. The number of nitrogens with zero attached hydrogens (tertiary/aromatic N) is 3. The fraction of sp³-hybridized carbons (Fsp3) is 0.550. The van der Waals surface area contributed by atoms with Gasteiger partial charge < -0.3 is 19.9 Å². The first kappa shape index (κ1) is 20.3. The van der Waals surface area contributed by atoms with Crippen LogP contribution in [0.1, 0.15) is 32.6 Å². The molecule has 1 aromatic heterocycles. The number of hydrogen-bond donors (Lipinski definition) is 2. The second kappa shape index (κ2) is 9.66. The standard InChI is InChI=1S/C20H28N4O4/c1-3-20(26)21-17-8-7-15(28-19(17)13-25)9-10-24-12-18(22-23-24)14-5-4-6-16(11-14)27-2/h4-6,11-12,15,17,19,25H,3,7-10,13H2,1-2H3,(H,21,26)/t15-,17+,19+/m0/s1. The number of carbonyl (C=O) groups excluding carboxylic acids is 1. The van der Waals surface area contributed by atoms with Gasteiger partial charge in [0.05, 0.1) is 32.1 Å². The lowest BCUT2D eigenvalue weighted by molar-refractivity contribution is -0.128. The molecule has 1 aliphatic heterocycles. The van der Waals surface area contributed by atoms with Crippen molar-refractivity contribution >= 4 is 5.91 Å². The summed E-state index contributed by atoms with van der Waals surface area (Å²) < 4.78 is 13.0. The molecule has 28 heavy (non-hydrogen) atoms. The molecule has 1 saturated heterocycles. The number of nitrogens with one attached hydrogen (secondary N) is 1. The monoisotopic (exact) mass is 388 g/mol. The fourth-order valence-electron chi connectivity index (χ4n) is 3.42. The van der Waals surface area contributed by atoms with Gasteiger partial charge in [-0.15, -0.1) is 5.10 Å². The van der Waals surface area contributed by atoms with Gasteiger partial charge in [-0.25, -0.2) is 0 Å². The van der Waals surface area contributed by atoms with Crippen LogP contribution in [0.5, 0.6) is 5.75 Å². The first-order valence-corrected chi connectivity index (χ1v) is 9.73. The van der Waals surface area contributed by atoms with E-state index in [0.717, 1.165) is 36.3 Å². The Morgan fingerprint density at radius 3 is 3.04 bits per heavy atom. The summed E-state index contributed by atoms with van der Waals surface area (Å²) >= 11 is 0. The molecule has 8 heteroatoms. The Morgan fingerprint density at radius 2 is 2.29 bits per heavy atom. The quantitative estimate of drug-likeness (QED) is 0.715. The van der Waals surface area contributed by atoms with E-state index in [2.05, 4.69) is 15.6 Å². The Hall–Kier alpha value is -2.45. The second-order valence-electron chi connectivity index (χ2n) is 6.97. The Balaban J connectivity index is 1.53. The molecule has 1 aliphatic rings. The smallest absolute Gasteiger partial charge is 0.220 e. The van der Waals surface area contributed by atoms with Crippen LogP contribution in [-0.4, -0.2) is 58.0 Å². The van der Waals surface area contributed by atoms with E-state index in [1.54, 1.807) is 11.8 Å². The molecule has 0 bridgehead atoms. The van der Waals surface area contributed by atoms with E-state index in [1.807, 2.05) is 37.4 Å². The minimum absolute atomic E-state index is 0.0156. The van der Waals surface area contributed by atoms with Crippen LogP contribution in [0.15, 0.2) is 30.5 Å². The number of aliphatic hydroxyl groups is 1. The van der Waals surface area contributed by atoms with Crippen LogP contribution in [0.25, 0.3) is 11.3 Å². The third-order valence-electron chi connectivity index (χ3n) is 5.05. The van der Waals surface area contributed by atoms with Gasteiger partial charge in [0, 0.05) is 18.5 Å². The zero-order valence-corrected chi connectivity index (χ0v) is 16.4. The van der Waals surface area contributed by atoms with Gasteiger partial charge in [0.1, 0.15) is 17.5 Å². The van der Waals surface area contributed by atoms with Crippen LogP contribution in [0.4, 0.5) is 0 Å². The van der Waals surface area contributed by atoms with Gasteiger partial charge in [-0.1, -0.05) is 24.3 Å². The number of aromatic nitrogens is 3. The van der Waals surface area contributed by atoms with Crippen LogP contribution in [0, 0.1) is 0 Å². The average molecular weight is 388 g/mol. The highest BCUT2D eigenvalue weighted by Gasteiger charge is 2.31. The Bertz CT molecular complexity index is 779. The van der Waals surface area contributed by atoms with Crippen molar-refractivity contribution in [1.82, 2.24) is 20.3 Å². The summed E-state index contributed by atoms with van der Waals surface area (Å²) in [5.74, 6) is 0.764. The van der Waals surface area contributed by atoms with E-state index in [1.165, 1.54) is 0 Å². The van der Waals surface area contributed by atoms with Crippen LogP contribution >= 0.6 is 0 Å². The number of benzene rings is 1. The summed E-state index contributed by atoms with van der Waals surface area (Å²) in [7, 11) is 1.64. The lowest BCUT2D eigenvalue weighted by Crippen LogP contribution is -2.50. The van der Waals surface area contributed by atoms with E-state index in [4.69, 9.17) is 9.47 Å². The normalized spacial score (nSPS) is 22.0. The molecule has 0 unspecified atom stereocenters. The van der Waals surface area contributed by atoms with E-state index in [0.29, 0.717) is 13.0 Å². The zero-order chi connectivity index (χ0) is 19.9. The van der Waals surface area contributed by atoms with E-state index in [9.17, 15) is 9.90 Å². The molecule has 2 aromatic rings. The highest BCUT2D eigenvalue weighted by atomic mass is 16.5. The largest absolute Gasteiger partial charge is 0.497 e. The molecule has 1 amide bonds. The number of methoxy groups -OCH3 is 1. The lowest BCUT2D eigenvalue weighted by atomic mass is 9.97. The number of aryl methyl sites for hydroxylation is 1. The zero-order valence-electron chi connectivity index (χ0n) is 16.4. The number of aliphatic hydroxyl groups excluding tert-OH is 1. The maximum Gasteiger partial charge on any atom is 0.220 e. The third-order valence-corrected chi connectivity index (χ3v) is 5.05. The highest BCUT2D eigenvalue weighted by Crippen LogP contribution is 2.24. The summed E-state index contributed by atoms with van der Waals surface area (Å²) in [6.07, 6.45) is 4.40. The number of carbonyl (C=O) groups is 1. The Kier molecular flexibility index (Phi) is 7.00. The molecule has 2 heterocycles. The van der Waals surface area contributed by atoms with E-state index in [-0.39, 0.29) is 30.8 Å². The summed E-state index contributed by atoms with van der Waals surface area (Å²) in [4.78, 5) is 11.6. The van der Waals surface area contributed by atoms with Crippen LogP contribution in [0.2, 0.25) is 0 Å². The molecule has 0 saturated carbocycles. The first-order valence-electron chi connectivity index (χ1n) is 9.73. The molecule has 2 N–H and O–H groups in total.